The normalized spacial score (nSPS) is 25.4. The molecule has 12 heteroatoms. The quantitative estimate of drug-likeness (QED) is 0.296. The highest BCUT2D eigenvalue weighted by Crippen LogP contribution is 2.52. The third kappa shape index (κ3) is 4.18. The number of likely N-dealkylation sites (N-methyl/N-ethyl adjacent to an activating group) is 1. The number of fused-ring (bicyclic) bond motifs is 2. The maximum atomic E-state index is 13.4. The average molecular weight is 706 g/mol. The fourth-order valence-corrected chi connectivity index (χ4v) is 6.95. The number of hydrogen-bond donors (Lipinski definition) is 2. The fraction of sp³-hybridized carbons (Fsp3) is 0.455. The maximum absolute atomic E-state index is 13.4. The first-order valence-corrected chi connectivity index (χ1v) is 14.4. The lowest BCUT2D eigenvalue weighted by molar-refractivity contribution is -0.155. The van der Waals surface area contributed by atoms with Crippen LogP contribution in [0, 0.1) is 3.57 Å². The van der Waals surface area contributed by atoms with Gasteiger partial charge >= 0.3 is 0 Å². The minimum atomic E-state index is -1.09. The van der Waals surface area contributed by atoms with Gasteiger partial charge in [0.05, 0.1) is 10.8 Å². The first-order chi connectivity index (χ1) is 16.3. The number of hydrogen-bond acceptors (Lipinski definition) is 8. The highest BCUT2D eigenvalue weighted by Gasteiger charge is 2.63. The minimum absolute atomic E-state index is 0.173. The molecule has 3 aromatic rings. The molecule has 3 unspecified atom stereocenters. The summed E-state index contributed by atoms with van der Waals surface area (Å²) in [4.78, 5) is 26.5. The summed E-state index contributed by atoms with van der Waals surface area (Å²) in [6.45, 7) is 4.35. The number of amides is 1. The molecule has 2 aliphatic rings. The van der Waals surface area contributed by atoms with Crippen LogP contribution in [-0.4, -0.2) is 56.2 Å². The molecule has 4 heterocycles. The Morgan fingerprint density at radius 1 is 1.32 bits per heavy atom. The predicted octanol–water partition coefficient (Wildman–Crippen LogP) is 3.64. The number of aromatic nitrogens is 4. The van der Waals surface area contributed by atoms with Crippen LogP contribution in [0.15, 0.2) is 30.6 Å². The summed E-state index contributed by atoms with van der Waals surface area (Å²) < 4.78 is 16.0. The number of carbonyl (C=O) groups excluding carboxylic acids is 1. The van der Waals surface area contributed by atoms with Crippen molar-refractivity contribution in [2.45, 2.75) is 47.7 Å². The van der Waals surface area contributed by atoms with Crippen molar-refractivity contribution in [2.24, 2.45) is 0 Å². The van der Waals surface area contributed by atoms with E-state index in [9.17, 15) is 4.79 Å². The van der Waals surface area contributed by atoms with Crippen molar-refractivity contribution in [3.63, 3.8) is 0 Å². The van der Waals surface area contributed by atoms with Crippen LogP contribution in [-0.2, 0) is 30.1 Å². The standard InChI is InChI=1S/C22H24I2N6O3S/c1-21(2)32-14-10-34-22(17(14)33-21,20(31)25-3)30-11-27-16-18(28-15(8-23)29-19(16)30)26-9-12-5-4-6-13(24)7-12/h4-7,11,14,17H,8-10H2,1-3H3,(H,25,31)(H,26,28,29). The molecular formula is C22H24I2N6O3S. The van der Waals surface area contributed by atoms with Crippen molar-refractivity contribution in [1.29, 1.82) is 0 Å². The van der Waals surface area contributed by atoms with Gasteiger partial charge in [-0.1, -0.05) is 34.7 Å². The van der Waals surface area contributed by atoms with Gasteiger partial charge < -0.3 is 20.1 Å². The van der Waals surface area contributed by atoms with Gasteiger partial charge in [-0.05, 0) is 54.1 Å². The molecule has 2 aromatic heterocycles. The number of anilines is 1. The van der Waals surface area contributed by atoms with Gasteiger partial charge in [0.2, 0.25) is 4.87 Å². The molecule has 0 aliphatic carbocycles. The van der Waals surface area contributed by atoms with E-state index in [1.165, 1.54) is 15.3 Å². The second kappa shape index (κ2) is 9.33. The summed E-state index contributed by atoms with van der Waals surface area (Å²) in [5.41, 5.74) is 2.35. The summed E-state index contributed by atoms with van der Waals surface area (Å²) >= 11 is 6.05. The molecule has 1 aromatic carbocycles. The van der Waals surface area contributed by atoms with Gasteiger partial charge in [-0.2, -0.15) is 0 Å². The molecule has 0 spiro atoms. The molecule has 0 radical (unpaired) electrons. The van der Waals surface area contributed by atoms with Crippen LogP contribution in [0.1, 0.15) is 25.2 Å². The third-order valence-corrected chi connectivity index (χ3v) is 8.76. The zero-order valence-electron chi connectivity index (χ0n) is 18.8. The van der Waals surface area contributed by atoms with E-state index in [0.29, 0.717) is 39.5 Å². The number of thioether (sulfide) groups is 1. The number of carbonyl (C=O) groups is 1. The lowest BCUT2D eigenvalue weighted by Gasteiger charge is -2.33. The minimum Gasteiger partial charge on any atom is -0.364 e. The lowest BCUT2D eigenvalue weighted by Crippen LogP contribution is -2.53. The topological polar surface area (TPSA) is 103 Å². The Labute approximate surface area is 228 Å². The van der Waals surface area contributed by atoms with E-state index < -0.39 is 16.8 Å². The van der Waals surface area contributed by atoms with Crippen molar-refractivity contribution in [2.75, 3.05) is 18.1 Å². The average Bonchev–Trinajstić information content (AvgIpc) is 3.47. The molecule has 0 saturated carbocycles. The van der Waals surface area contributed by atoms with Gasteiger partial charge in [-0.3, -0.25) is 9.36 Å². The monoisotopic (exact) mass is 706 g/mol. The molecule has 5 rings (SSSR count). The molecule has 3 atom stereocenters. The molecule has 34 heavy (non-hydrogen) atoms. The van der Waals surface area contributed by atoms with Gasteiger partial charge in [0.1, 0.15) is 18.0 Å². The maximum Gasteiger partial charge on any atom is 0.259 e. The molecule has 9 nitrogen and oxygen atoms in total. The van der Waals surface area contributed by atoms with E-state index in [0.717, 1.165) is 5.56 Å². The number of rotatable bonds is 6. The third-order valence-electron chi connectivity index (χ3n) is 5.86. The van der Waals surface area contributed by atoms with E-state index in [2.05, 4.69) is 79.0 Å². The Morgan fingerprint density at radius 3 is 2.88 bits per heavy atom. The first-order valence-electron chi connectivity index (χ1n) is 10.8. The molecule has 0 bridgehead atoms. The Bertz CT molecular complexity index is 1250. The number of benzene rings is 1. The molecular weight excluding hydrogens is 682 g/mol. The van der Waals surface area contributed by atoms with Gasteiger partial charge in [-0.25, -0.2) is 15.0 Å². The Morgan fingerprint density at radius 2 is 2.15 bits per heavy atom. The summed E-state index contributed by atoms with van der Waals surface area (Å²) in [7, 11) is 1.64. The SMILES string of the molecule is CNC(=O)C1(n2cnc3c(NCc4cccc(I)c4)nc(CI)nc32)SCC2OC(C)(C)OC21. The van der Waals surface area contributed by atoms with Crippen LogP contribution in [0.2, 0.25) is 0 Å². The Hall–Kier alpha value is -1.23. The van der Waals surface area contributed by atoms with Crippen LogP contribution < -0.4 is 10.6 Å². The van der Waals surface area contributed by atoms with Crippen LogP contribution >= 0.6 is 56.9 Å². The van der Waals surface area contributed by atoms with Crippen molar-refractivity contribution in [1.82, 2.24) is 24.8 Å². The van der Waals surface area contributed by atoms with Crippen LogP contribution in [0.25, 0.3) is 11.2 Å². The Balaban J connectivity index is 1.59. The molecule has 2 saturated heterocycles. The van der Waals surface area contributed by atoms with Crippen molar-refractivity contribution < 1.29 is 14.3 Å². The van der Waals surface area contributed by atoms with E-state index >= 15 is 0 Å². The summed E-state index contributed by atoms with van der Waals surface area (Å²) in [6.07, 6.45) is 0.983. The zero-order valence-corrected chi connectivity index (χ0v) is 24.0. The highest BCUT2D eigenvalue weighted by atomic mass is 127. The summed E-state index contributed by atoms with van der Waals surface area (Å²) in [6, 6.07) is 8.29. The summed E-state index contributed by atoms with van der Waals surface area (Å²) in [5.74, 6) is 0.992. The summed E-state index contributed by atoms with van der Waals surface area (Å²) in [5, 5.41) is 6.26. The number of halogens is 2. The largest absolute Gasteiger partial charge is 0.364 e. The predicted molar refractivity (Wildman–Crippen MR) is 148 cm³/mol. The first kappa shape index (κ1) is 24.5. The van der Waals surface area contributed by atoms with E-state index in [4.69, 9.17) is 19.4 Å². The van der Waals surface area contributed by atoms with Gasteiger partial charge in [-0.15, -0.1) is 11.8 Å². The van der Waals surface area contributed by atoms with Crippen molar-refractivity contribution >= 4 is 79.8 Å². The lowest BCUT2D eigenvalue weighted by atomic mass is 10.1. The highest BCUT2D eigenvalue weighted by molar-refractivity contribution is 14.1. The Kier molecular flexibility index (Phi) is 6.72. The number of imidazole rings is 1. The van der Waals surface area contributed by atoms with E-state index in [-0.39, 0.29) is 12.0 Å². The molecule has 1 amide bonds. The smallest absolute Gasteiger partial charge is 0.259 e. The van der Waals surface area contributed by atoms with Gasteiger partial charge in [0.15, 0.2) is 22.8 Å². The zero-order chi connectivity index (χ0) is 24.1. The van der Waals surface area contributed by atoms with Crippen LogP contribution in [0.4, 0.5) is 5.82 Å². The molecule has 2 fully saturated rings. The van der Waals surface area contributed by atoms with Crippen LogP contribution in [0.5, 0.6) is 0 Å². The van der Waals surface area contributed by atoms with Gasteiger partial charge in [0, 0.05) is 22.9 Å². The second-order valence-electron chi connectivity index (χ2n) is 8.57. The number of nitrogens with zero attached hydrogens (tertiary/aromatic N) is 4. The second-order valence-corrected chi connectivity index (χ2v) is 11.8. The number of nitrogens with one attached hydrogen (secondary N) is 2. The molecule has 180 valence electrons. The van der Waals surface area contributed by atoms with Crippen molar-refractivity contribution in [3.05, 3.63) is 45.6 Å². The fourth-order valence-electron chi connectivity index (χ4n) is 4.47. The van der Waals surface area contributed by atoms with Crippen molar-refractivity contribution in [3.8, 4) is 0 Å². The number of ether oxygens (including phenoxy) is 2. The van der Waals surface area contributed by atoms with Gasteiger partial charge in [0.25, 0.3) is 5.91 Å². The van der Waals surface area contributed by atoms with E-state index in [1.54, 1.807) is 13.4 Å². The number of alkyl halides is 1. The van der Waals surface area contributed by atoms with E-state index in [1.807, 2.05) is 24.5 Å². The molecule has 2 aliphatic heterocycles. The van der Waals surface area contributed by atoms with Crippen LogP contribution in [0.3, 0.4) is 0 Å². The molecule has 2 N–H and O–H groups in total.